The van der Waals surface area contributed by atoms with Crippen molar-refractivity contribution in [2.75, 3.05) is 6.54 Å². The maximum atomic E-state index is 13.1. The van der Waals surface area contributed by atoms with Gasteiger partial charge >= 0.3 is 6.09 Å². The Hall–Kier alpha value is -3.98. The summed E-state index contributed by atoms with van der Waals surface area (Å²) in [5, 5.41) is 10.1. The van der Waals surface area contributed by atoms with E-state index in [1.54, 1.807) is 45.0 Å². The van der Waals surface area contributed by atoms with E-state index >= 15 is 0 Å². The summed E-state index contributed by atoms with van der Waals surface area (Å²) in [6.07, 6.45) is 3.10. The van der Waals surface area contributed by atoms with E-state index in [1.807, 2.05) is 53.2 Å². The summed E-state index contributed by atoms with van der Waals surface area (Å²) in [7, 11) is 0. The molecule has 3 amide bonds. The highest BCUT2D eigenvalue weighted by Crippen LogP contribution is 2.28. The first-order valence-corrected chi connectivity index (χ1v) is 13.0. The third-order valence-corrected chi connectivity index (χ3v) is 7.34. The van der Waals surface area contributed by atoms with Gasteiger partial charge in [-0.3, -0.25) is 19.4 Å². The van der Waals surface area contributed by atoms with Crippen LogP contribution in [0.5, 0.6) is 0 Å². The van der Waals surface area contributed by atoms with Crippen molar-refractivity contribution in [3.8, 4) is 11.3 Å². The smallest absolute Gasteiger partial charge is 0.408 e. The lowest BCUT2D eigenvalue weighted by Gasteiger charge is -2.41. The van der Waals surface area contributed by atoms with Crippen molar-refractivity contribution in [2.45, 2.75) is 38.8 Å². The number of carbonyl (C=O) groups is 3. The van der Waals surface area contributed by atoms with Gasteiger partial charge in [-0.15, -0.1) is 0 Å². The Kier molecular flexibility index (Phi) is 6.56. The van der Waals surface area contributed by atoms with Gasteiger partial charge in [-0.25, -0.2) is 9.78 Å². The van der Waals surface area contributed by atoms with Gasteiger partial charge in [0.1, 0.15) is 0 Å². The molecule has 1 N–H and O–H groups in total. The summed E-state index contributed by atoms with van der Waals surface area (Å²) >= 11 is 3.53. The normalized spacial score (nSPS) is 14.2. The molecule has 0 unspecified atom stereocenters. The molecule has 4 aromatic rings. The SMILES string of the molecule is CC(C)(C)N(C(=O)O)[C@@H](Cc1ccc(-c2cn3cccc(Br)c3n2)cc1)CN1C(=O)c2ccccc2C1=O. The van der Waals surface area contributed by atoms with Crippen molar-refractivity contribution in [3.63, 3.8) is 0 Å². The molecule has 5 rings (SSSR count). The van der Waals surface area contributed by atoms with Crippen molar-refractivity contribution in [1.29, 1.82) is 0 Å². The number of carboxylic acid groups (broad SMARTS) is 1. The van der Waals surface area contributed by atoms with Gasteiger partial charge in [0.25, 0.3) is 11.8 Å². The maximum absolute atomic E-state index is 13.1. The minimum absolute atomic E-state index is 0.0435. The van der Waals surface area contributed by atoms with Crippen LogP contribution in [0.15, 0.2) is 77.5 Å². The largest absolute Gasteiger partial charge is 0.465 e. The Balaban J connectivity index is 1.44. The Morgan fingerprint density at radius 3 is 2.18 bits per heavy atom. The number of hydrogen-bond donors (Lipinski definition) is 1. The van der Waals surface area contributed by atoms with Crippen LogP contribution in [0.1, 0.15) is 47.1 Å². The molecule has 9 heteroatoms. The first-order chi connectivity index (χ1) is 18.0. The van der Waals surface area contributed by atoms with Gasteiger partial charge in [0.2, 0.25) is 0 Å². The molecule has 0 bridgehead atoms. The number of imidazole rings is 1. The van der Waals surface area contributed by atoms with Crippen LogP contribution in [0.2, 0.25) is 0 Å². The number of hydrogen-bond acceptors (Lipinski definition) is 4. The standard InChI is InChI=1S/C29H27BrN4O4/c1-29(2,3)34(28(37)38)20(16-33-26(35)21-7-4-5-8-22(21)27(33)36)15-18-10-12-19(13-11-18)24-17-32-14-6-9-23(30)25(32)31-24/h4-14,17,20H,15-16H2,1-3H3,(H,37,38)/t20-/m0/s1. The third kappa shape index (κ3) is 4.69. The second-order valence-corrected chi connectivity index (χ2v) is 11.2. The monoisotopic (exact) mass is 574 g/mol. The number of aromatic nitrogens is 2. The molecule has 0 aliphatic carbocycles. The van der Waals surface area contributed by atoms with Crippen LogP contribution in [0.25, 0.3) is 16.9 Å². The van der Waals surface area contributed by atoms with E-state index in [0.29, 0.717) is 17.5 Å². The molecule has 2 aromatic heterocycles. The summed E-state index contributed by atoms with van der Waals surface area (Å²) in [6, 6.07) is 17.7. The minimum atomic E-state index is -1.11. The fourth-order valence-corrected chi connectivity index (χ4v) is 5.49. The van der Waals surface area contributed by atoms with E-state index in [2.05, 4.69) is 15.9 Å². The molecule has 1 aliphatic heterocycles. The maximum Gasteiger partial charge on any atom is 0.408 e. The number of imide groups is 1. The van der Waals surface area contributed by atoms with Crippen LogP contribution < -0.4 is 0 Å². The van der Waals surface area contributed by atoms with Gasteiger partial charge < -0.3 is 9.51 Å². The number of fused-ring (bicyclic) bond motifs is 2. The average Bonchev–Trinajstić information content (AvgIpc) is 3.40. The topological polar surface area (TPSA) is 95.2 Å². The molecule has 2 aromatic carbocycles. The van der Waals surface area contributed by atoms with E-state index in [9.17, 15) is 19.5 Å². The van der Waals surface area contributed by atoms with Gasteiger partial charge in [0, 0.05) is 23.5 Å². The molecule has 1 atom stereocenters. The molecule has 38 heavy (non-hydrogen) atoms. The van der Waals surface area contributed by atoms with Crippen LogP contribution in [0.3, 0.4) is 0 Å². The zero-order valence-electron chi connectivity index (χ0n) is 21.3. The number of rotatable bonds is 6. The van der Waals surface area contributed by atoms with Crippen molar-refractivity contribution in [3.05, 3.63) is 94.2 Å². The summed E-state index contributed by atoms with van der Waals surface area (Å²) in [6.45, 7) is 5.38. The van der Waals surface area contributed by atoms with E-state index in [1.165, 1.54) is 9.80 Å². The number of pyridine rings is 1. The predicted octanol–water partition coefficient (Wildman–Crippen LogP) is 5.75. The summed E-state index contributed by atoms with van der Waals surface area (Å²) in [4.78, 5) is 45.7. The summed E-state index contributed by atoms with van der Waals surface area (Å²) < 4.78 is 2.84. The zero-order valence-corrected chi connectivity index (χ0v) is 22.8. The number of benzene rings is 2. The summed E-state index contributed by atoms with van der Waals surface area (Å²) in [5.74, 6) is -0.800. The zero-order chi connectivity index (χ0) is 27.2. The highest BCUT2D eigenvalue weighted by molar-refractivity contribution is 9.10. The first kappa shape index (κ1) is 25.7. The quantitative estimate of drug-likeness (QED) is 0.296. The molecule has 0 fully saturated rings. The van der Waals surface area contributed by atoms with Crippen LogP contribution >= 0.6 is 15.9 Å². The molecule has 0 saturated heterocycles. The third-order valence-electron chi connectivity index (χ3n) is 6.72. The number of halogens is 1. The molecular formula is C29H27BrN4O4. The van der Waals surface area contributed by atoms with Crippen LogP contribution in [-0.4, -0.2) is 60.3 Å². The summed E-state index contributed by atoms with van der Waals surface area (Å²) in [5.41, 5.74) is 3.37. The molecule has 0 saturated carbocycles. The van der Waals surface area contributed by atoms with E-state index < -0.39 is 29.5 Å². The average molecular weight is 575 g/mol. The lowest BCUT2D eigenvalue weighted by atomic mass is 9.97. The number of amides is 3. The van der Waals surface area contributed by atoms with Gasteiger partial charge in [-0.1, -0.05) is 36.4 Å². The van der Waals surface area contributed by atoms with Crippen LogP contribution in [0, 0.1) is 0 Å². The van der Waals surface area contributed by atoms with Gasteiger partial charge in [-0.2, -0.15) is 0 Å². The van der Waals surface area contributed by atoms with E-state index in [4.69, 9.17) is 4.98 Å². The van der Waals surface area contributed by atoms with Gasteiger partial charge in [0.05, 0.1) is 33.9 Å². The molecule has 0 spiro atoms. The van der Waals surface area contributed by atoms with Crippen molar-refractivity contribution < 1.29 is 19.5 Å². The van der Waals surface area contributed by atoms with Crippen molar-refractivity contribution in [1.82, 2.24) is 19.2 Å². The fraction of sp³-hybridized carbons (Fsp3) is 0.241. The van der Waals surface area contributed by atoms with Crippen molar-refractivity contribution >= 4 is 39.5 Å². The molecule has 1 aliphatic rings. The fourth-order valence-electron chi connectivity index (χ4n) is 5.05. The Morgan fingerprint density at radius 2 is 1.63 bits per heavy atom. The lowest BCUT2D eigenvalue weighted by molar-refractivity contribution is 0.0431. The number of carbonyl (C=O) groups excluding carboxylic acids is 2. The predicted molar refractivity (Wildman–Crippen MR) is 147 cm³/mol. The molecule has 194 valence electrons. The Bertz CT molecular complexity index is 1520. The minimum Gasteiger partial charge on any atom is -0.465 e. The van der Waals surface area contributed by atoms with E-state index in [-0.39, 0.29) is 6.54 Å². The lowest BCUT2D eigenvalue weighted by Crippen LogP contribution is -2.56. The van der Waals surface area contributed by atoms with Crippen LogP contribution in [-0.2, 0) is 6.42 Å². The van der Waals surface area contributed by atoms with Crippen molar-refractivity contribution in [2.24, 2.45) is 0 Å². The second kappa shape index (κ2) is 9.72. The Labute approximate surface area is 228 Å². The highest BCUT2D eigenvalue weighted by Gasteiger charge is 2.40. The Morgan fingerprint density at radius 1 is 1.00 bits per heavy atom. The molecule has 8 nitrogen and oxygen atoms in total. The molecular weight excluding hydrogens is 548 g/mol. The van der Waals surface area contributed by atoms with Gasteiger partial charge in [0.15, 0.2) is 5.65 Å². The second-order valence-electron chi connectivity index (χ2n) is 10.4. The number of nitrogens with zero attached hydrogens (tertiary/aromatic N) is 4. The van der Waals surface area contributed by atoms with Crippen LogP contribution in [0.4, 0.5) is 4.79 Å². The van der Waals surface area contributed by atoms with Gasteiger partial charge in [-0.05, 0) is 73.0 Å². The first-order valence-electron chi connectivity index (χ1n) is 12.2. The highest BCUT2D eigenvalue weighted by atomic mass is 79.9. The molecule has 0 radical (unpaired) electrons. The molecule has 3 heterocycles. The van der Waals surface area contributed by atoms with E-state index in [0.717, 1.165) is 26.9 Å².